The maximum Gasteiger partial charge on any atom is 0.261 e. The summed E-state index contributed by atoms with van der Waals surface area (Å²) in [5.41, 5.74) is 1.96. The van der Waals surface area contributed by atoms with Crippen molar-refractivity contribution in [2.45, 2.75) is 6.54 Å². The van der Waals surface area contributed by atoms with E-state index in [9.17, 15) is 13.6 Å². The zero-order chi connectivity index (χ0) is 20.0. The fourth-order valence-electron chi connectivity index (χ4n) is 3.40. The number of halogens is 2. The first-order valence-electron chi connectivity index (χ1n) is 8.94. The van der Waals surface area contributed by atoms with Crippen LogP contribution in [0.2, 0.25) is 0 Å². The Morgan fingerprint density at radius 2 is 1.72 bits per heavy atom. The van der Waals surface area contributed by atoms with Gasteiger partial charge >= 0.3 is 0 Å². The maximum absolute atomic E-state index is 14.8. The molecule has 0 bridgehead atoms. The molecular weight excluding hydrogens is 374 g/mol. The third kappa shape index (κ3) is 2.97. The van der Waals surface area contributed by atoms with Gasteiger partial charge in [0.15, 0.2) is 0 Å². The van der Waals surface area contributed by atoms with Crippen LogP contribution < -0.4 is 5.56 Å². The third-order valence-electron chi connectivity index (χ3n) is 4.94. The highest BCUT2D eigenvalue weighted by atomic mass is 19.1. The molecule has 142 valence electrons. The van der Waals surface area contributed by atoms with Crippen LogP contribution >= 0.6 is 0 Å². The predicted molar refractivity (Wildman–Crippen MR) is 106 cm³/mol. The van der Waals surface area contributed by atoms with Crippen LogP contribution in [0, 0.1) is 11.6 Å². The molecular formula is C22H14F2N4O. The molecule has 0 aliphatic rings. The fourth-order valence-corrected chi connectivity index (χ4v) is 3.40. The lowest BCUT2D eigenvalue weighted by Gasteiger charge is -2.11. The van der Waals surface area contributed by atoms with Gasteiger partial charge in [0.1, 0.15) is 11.6 Å². The van der Waals surface area contributed by atoms with Crippen molar-refractivity contribution in [3.05, 3.63) is 101 Å². The van der Waals surface area contributed by atoms with E-state index in [2.05, 4.69) is 9.97 Å². The quantitative estimate of drug-likeness (QED) is 0.469. The summed E-state index contributed by atoms with van der Waals surface area (Å²) in [4.78, 5) is 20.8. The Bertz CT molecular complexity index is 1420. The molecule has 3 aromatic heterocycles. The average Bonchev–Trinajstić information content (AvgIpc) is 3.20. The van der Waals surface area contributed by atoms with Crippen LogP contribution in [0.15, 0.2) is 78.4 Å². The zero-order valence-electron chi connectivity index (χ0n) is 15.1. The molecule has 0 fully saturated rings. The Labute approximate surface area is 163 Å². The van der Waals surface area contributed by atoms with Gasteiger partial charge in [-0.15, -0.1) is 0 Å². The first kappa shape index (κ1) is 17.2. The summed E-state index contributed by atoms with van der Waals surface area (Å²) in [5.74, 6) is -1.43. The van der Waals surface area contributed by atoms with Crippen LogP contribution in [-0.2, 0) is 6.54 Å². The average molecular weight is 388 g/mol. The van der Waals surface area contributed by atoms with Crippen molar-refractivity contribution < 1.29 is 8.78 Å². The molecule has 3 heterocycles. The number of imidazole rings is 1. The third-order valence-corrected chi connectivity index (χ3v) is 4.94. The number of benzene rings is 2. The molecule has 0 saturated heterocycles. The highest BCUT2D eigenvalue weighted by molar-refractivity contribution is 5.76. The molecule has 0 unspecified atom stereocenters. The van der Waals surface area contributed by atoms with E-state index in [0.717, 1.165) is 5.52 Å². The second kappa shape index (κ2) is 6.63. The van der Waals surface area contributed by atoms with Gasteiger partial charge in [-0.25, -0.2) is 18.7 Å². The number of hydrogen-bond acceptors (Lipinski definition) is 3. The number of rotatable bonds is 3. The van der Waals surface area contributed by atoms with Crippen LogP contribution in [0.5, 0.6) is 0 Å². The molecule has 0 atom stereocenters. The van der Waals surface area contributed by atoms with E-state index in [1.807, 2.05) is 6.07 Å². The van der Waals surface area contributed by atoms with Crippen molar-refractivity contribution in [3.63, 3.8) is 0 Å². The van der Waals surface area contributed by atoms with Gasteiger partial charge in [-0.2, -0.15) is 0 Å². The molecule has 0 amide bonds. The Hall–Kier alpha value is -3.87. The molecule has 29 heavy (non-hydrogen) atoms. The predicted octanol–water partition coefficient (Wildman–Crippen LogP) is 4.04. The Morgan fingerprint density at radius 3 is 2.55 bits per heavy atom. The molecule has 0 radical (unpaired) electrons. The number of para-hydroxylation sites is 1. The van der Waals surface area contributed by atoms with Crippen LogP contribution in [0.1, 0.15) is 5.56 Å². The van der Waals surface area contributed by atoms with Crippen molar-refractivity contribution in [2.75, 3.05) is 0 Å². The van der Waals surface area contributed by atoms with E-state index >= 15 is 0 Å². The minimum Gasteiger partial charge on any atom is -0.306 e. The zero-order valence-corrected chi connectivity index (χ0v) is 15.1. The molecule has 0 N–H and O–H groups in total. The van der Waals surface area contributed by atoms with Gasteiger partial charge in [0, 0.05) is 11.8 Å². The molecule has 0 aliphatic heterocycles. The lowest BCUT2D eigenvalue weighted by atomic mass is 10.0. The Kier molecular flexibility index (Phi) is 3.94. The van der Waals surface area contributed by atoms with Gasteiger partial charge in [0.25, 0.3) is 5.56 Å². The molecule has 2 aromatic carbocycles. The summed E-state index contributed by atoms with van der Waals surface area (Å²) in [7, 11) is 0. The van der Waals surface area contributed by atoms with Crippen LogP contribution in [-0.4, -0.2) is 18.9 Å². The van der Waals surface area contributed by atoms with E-state index in [4.69, 9.17) is 0 Å². The Balaban J connectivity index is 1.55. The number of aromatic nitrogens is 4. The van der Waals surface area contributed by atoms with Crippen molar-refractivity contribution >= 4 is 16.4 Å². The van der Waals surface area contributed by atoms with E-state index in [1.165, 1.54) is 23.0 Å². The summed E-state index contributed by atoms with van der Waals surface area (Å²) in [6, 6.07) is 13.0. The van der Waals surface area contributed by atoms with Crippen LogP contribution in [0.25, 0.3) is 27.5 Å². The van der Waals surface area contributed by atoms with Crippen molar-refractivity contribution in [3.8, 4) is 11.1 Å². The van der Waals surface area contributed by atoms with Gasteiger partial charge < -0.3 is 4.40 Å². The van der Waals surface area contributed by atoms with Gasteiger partial charge in [-0.05, 0) is 41.5 Å². The maximum atomic E-state index is 14.8. The first-order valence-corrected chi connectivity index (χ1v) is 8.94. The van der Waals surface area contributed by atoms with Gasteiger partial charge in [0.05, 0.1) is 41.8 Å². The highest BCUT2D eigenvalue weighted by Crippen LogP contribution is 2.25. The van der Waals surface area contributed by atoms with Gasteiger partial charge in [-0.3, -0.25) is 9.36 Å². The standard InChI is InChI=1S/C22H14F2N4O/c23-19-7-15(14-5-6-16-9-25-12-27(16)10-14)8-20(24)18(19)11-28-13-26-21-4-2-1-3-17(21)22(28)29/h1-10,12-13H,11H2. The lowest BCUT2D eigenvalue weighted by Crippen LogP contribution is -2.22. The number of nitrogens with zero attached hydrogens (tertiary/aromatic N) is 4. The number of pyridine rings is 1. The second-order valence-electron chi connectivity index (χ2n) is 6.76. The van der Waals surface area contributed by atoms with Gasteiger partial charge in [-0.1, -0.05) is 18.2 Å². The first-order chi connectivity index (χ1) is 14.1. The monoisotopic (exact) mass is 388 g/mol. The van der Waals surface area contributed by atoms with Crippen LogP contribution in [0.3, 0.4) is 0 Å². The molecule has 5 aromatic rings. The number of hydrogen-bond donors (Lipinski definition) is 0. The van der Waals surface area contributed by atoms with Gasteiger partial charge in [0.2, 0.25) is 0 Å². The molecule has 0 aliphatic carbocycles. The summed E-state index contributed by atoms with van der Waals surface area (Å²) in [6.07, 6.45) is 6.39. The minimum absolute atomic E-state index is 0.184. The topological polar surface area (TPSA) is 52.2 Å². The number of fused-ring (bicyclic) bond motifs is 2. The largest absolute Gasteiger partial charge is 0.306 e. The Morgan fingerprint density at radius 1 is 0.931 bits per heavy atom. The lowest BCUT2D eigenvalue weighted by molar-refractivity contribution is 0.541. The SMILES string of the molecule is O=c1c2ccccc2ncn1Cc1c(F)cc(-c2ccc3cncn3c2)cc1F. The van der Waals surface area contributed by atoms with E-state index in [0.29, 0.717) is 22.0 Å². The molecule has 7 heteroatoms. The van der Waals surface area contributed by atoms with E-state index in [-0.39, 0.29) is 17.7 Å². The second-order valence-corrected chi connectivity index (χ2v) is 6.76. The highest BCUT2D eigenvalue weighted by Gasteiger charge is 2.15. The van der Waals surface area contributed by atoms with Crippen molar-refractivity contribution in [1.29, 1.82) is 0 Å². The van der Waals surface area contributed by atoms with E-state index in [1.54, 1.807) is 53.5 Å². The normalized spacial score (nSPS) is 11.4. The summed E-state index contributed by atoms with van der Waals surface area (Å²) < 4.78 is 32.6. The van der Waals surface area contributed by atoms with Crippen molar-refractivity contribution in [1.82, 2.24) is 18.9 Å². The minimum atomic E-state index is -0.717. The molecule has 0 saturated carbocycles. The van der Waals surface area contributed by atoms with Crippen molar-refractivity contribution in [2.24, 2.45) is 0 Å². The molecule has 5 rings (SSSR count). The summed E-state index contributed by atoms with van der Waals surface area (Å²) in [6.45, 7) is -0.241. The van der Waals surface area contributed by atoms with E-state index < -0.39 is 11.6 Å². The smallest absolute Gasteiger partial charge is 0.261 e. The van der Waals surface area contributed by atoms with Crippen LogP contribution in [0.4, 0.5) is 8.78 Å². The summed E-state index contributed by atoms with van der Waals surface area (Å²) >= 11 is 0. The fraction of sp³-hybridized carbons (Fsp3) is 0.0455. The molecule has 0 spiro atoms. The summed E-state index contributed by atoms with van der Waals surface area (Å²) in [5, 5.41) is 0.404. The molecule has 5 nitrogen and oxygen atoms in total.